The van der Waals surface area contributed by atoms with E-state index in [-0.39, 0.29) is 4.75 Å². The predicted molar refractivity (Wildman–Crippen MR) is 89.4 cm³/mol. The first-order valence-electron chi connectivity index (χ1n) is 7.60. The van der Waals surface area contributed by atoms with Gasteiger partial charge in [0, 0.05) is 5.56 Å². The fourth-order valence-electron chi connectivity index (χ4n) is 2.31. The van der Waals surface area contributed by atoms with Gasteiger partial charge >= 0.3 is 0 Å². The summed E-state index contributed by atoms with van der Waals surface area (Å²) in [5.41, 5.74) is 1.77. The Kier molecular flexibility index (Phi) is 5.33. The van der Waals surface area contributed by atoms with Gasteiger partial charge in [0.15, 0.2) is 0 Å². The highest BCUT2D eigenvalue weighted by atomic mass is 32.2. The molecule has 0 radical (unpaired) electrons. The van der Waals surface area contributed by atoms with Crippen LogP contribution in [-0.4, -0.2) is 21.1 Å². The molecule has 0 bridgehead atoms. The minimum absolute atomic E-state index is 0.334. The predicted octanol–water partition coefficient (Wildman–Crippen LogP) is 4.28. The molecule has 1 saturated carbocycles. The van der Waals surface area contributed by atoms with E-state index in [9.17, 15) is 4.55 Å². The van der Waals surface area contributed by atoms with Gasteiger partial charge in [-0.3, -0.25) is 0 Å². The van der Waals surface area contributed by atoms with E-state index in [0.717, 1.165) is 29.9 Å². The summed E-state index contributed by atoms with van der Waals surface area (Å²) in [6, 6.07) is 7.94. The van der Waals surface area contributed by atoms with Gasteiger partial charge in [0.1, 0.15) is 21.9 Å². The number of nitrogens with zero attached hydrogens (tertiary/aromatic N) is 1. The van der Waals surface area contributed by atoms with Crippen molar-refractivity contribution in [3.05, 3.63) is 29.8 Å². The molecule has 21 heavy (non-hydrogen) atoms. The Morgan fingerprint density at radius 3 is 2.57 bits per heavy atom. The molecule has 1 fully saturated rings. The van der Waals surface area contributed by atoms with Gasteiger partial charge < -0.3 is 9.29 Å². The Bertz CT molecular complexity index is 502. The summed E-state index contributed by atoms with van der Waals surface area (Å²) < 4.78 is 22.1. The molecule has 0 amide bonds. The maximum atomic E-state index is 12.1. The quantitative estimate of drug-likeness (QED) is 0.615. The molecule has 1 aliphatic carbocycles. The van der Waals surface area contributed by atoms with Crippen molar-refractivity contribution in [2.24, 2.45) is 4.40 Å². The van der Waals surface area contributed by atoms with Crippen LogP contribution in [0.4, 0.5) is 0 Å². The van der Waals surface area contributed by atoms with Crippen LogP contribution in [0.5, 0.6) is 5.75 Å². The second kappa shape index (κ2) is 6.84. The van der Waals surface area contributed by atoms with Gasteiger partial charge in [-0.25, -0.2) is 0 Å². The van der Waals surface area contributed by atoms with Gasteiger partial charge in [-0.2, -0.15) is 0 Å². The van der Waals surface area contributed by atoms with Crippen molar-refractivity contribution in [3.63, 3.8) is 0 Å². The van der Waals surface area contributed by atoms with E-state index in [1.165, 1.54) is 12.8 Å². The molecule has 0 aromatic heterocycles. The second-order valence-corrected chi connectivity index (χ2v) is 8.50. The summed E-state index contributed by atoms with van der Waals surface area (Å²) in [5, 5.41) is 0. The largest absolute Gasteiger partial charge is 0.591 e. The fourth-order valence-corrected chi connectivity index (χ4v) is 2.94. The highest BCUT2D eigenvalue weighted by Crippen LogP contribution is 2.25. The van der Waals surface area contributed by atoms with E-state index < -0.39 is 11.4 Å². The molecule has 2 rings (SSSR count). The number of benzene rings is 1. The zero-order chi connectivity index (χ0) is 15.5. The molecule has 0 aliphatic heterocycles. The van der Waals surface area contributed by atoms with Crippen molar-refractivity contribution in [2.75, 3.05) is 0 Å². The molecule has 116 valence electrons. The molecule has 0 saturated heterocycles. The van der Waals surface area contributed by atoms with Gasteiger partial charge in [0.05, 0.1) is 11.8 Å². The van der Waals surface area contributed by atoms with Crippen LogP contribution in [0.3, 0.4) is 0 Å². The number of hydrogen-bond acceptors (Lipinski definition) is 3. The third kappa shape index (κ3) is 4.75. The monoisotopic (exact) mass is 307 g/mol. The van der Waals surface area contributed by atoms with Crippen molar-refractivity contribution in [1.29, 1.82) is 0 Å². The molecule has 1 unspecified atom stereocenters. The number of ether oxygens (including phenoxy) is 1. The number of hydrogen-bond donors (Lipinski definition) is 0. The van der Waals surface area contributed by atoms with Crippen molar-refractivity contribution in [2.45, 2.75) is 64.2 Å². The zero-order valence-corrected chi connectivity index (χ0v) is 14.2. The molecule has 4 heteroatoms. The van der Waals surface area contributed by atoms with E-state index in [1.807, 2.05) is 52.0 Å². The maximum absolute atomic E-state index is 12.1. The summed E-state index contributed by atoms with van der Waals surface area (Å²) in [5.74, 6) is 0.885. The molecule has 0 heterocycles. The van der Waals surface area contributed by atoms with Crippen molar-refractivity contribution < 1.29 is 9.29 Å². The van der Waals surface area contributed by atoms with Crippen molar-refractivity contribution >= 4 is 17.1 Å². The first kappa shape index (κ1) is 16.4. The lowest BCUT2D eigenvalue weighted by atomic mass is 10.1. The lowest BCUT2D eigenvalue weighted by Gasteiger charge is -2.19. The lowest BCUT2D eigenvalue weighted by molar-refractivity contribution is 0.210. The Morgan fingerprint density at radius 1 is 1.29 bits per heavy atom. The summed E-state index contributed by atoms with van der Waals surface area (Å²) >= 11 is -1.23. The molecule has 0 N–H and O–H groups in total. The van der Waals surface area contributed by atoms with Crippen LogP contribution in [0.1, 0.15) is 58.9 Å². The molecule has 1 aromatic rings. The number of rotatable bonds is 4. The van der Waals surface area contributed by atoms with Gasteiger partial charge in [-0.15, -0.1) is 0 Å². The molecule has 1 aliphatic rings. The molecule has 1 atom stereocenters. The van der Waals surface area contributed by atoms with Gasteiger partial charge in [0.25, 0.3) is 0 Å². The van der Waals surface area contributed by atoms with E-state index in [2.05, 4.69) is 4.40 Å². The van der Waals surface area contributed by atoms with E-state index in [1.54, 1.807) is 0 Å². The highest BCUT2D eigenvalue weighted by molar-refractivity contribution is 7.91. The second-order valence-electron chi connectivity index (χ2n) is 6.59. The summed E-state index contributed by atoms with van der Waals surface area (Å²) in [6.07, 6.45) is 5.16. The summed E-state index contributed by atoms with van der Waals surface area (Å²) in [4.78, 5) is 0. The Morgan fingerprint density at radius 2 is 1.95 bits per heavy atom. The fraction of sp³-hybridized carbons (Fsp3) is 0.588. The van der Waals surface area contributed by atoms with Crippen LogP contribution >= 0.6 is 0 Å². The molecule has 3 nitrogen and oxygen atoms in total. The average Bonchev–Trinajstić information content (AvgIpc) is 2.90. The Balaban J connectivity index is 2.10. The van der Waals surface area contributed by atoms with E-state index in [4.69, 9.17) is 4.74 Å². The molecular formula is C17H25NO2S. The Labute approximate surface area is 131 Å². The zero-order valence-electron chi connectivity index (χ0n) is 13.4. The molecule has 0 spiro atoms. The first-order valence-corrected chi connectivity index (χ1v) is 8.71. The van der Waals surface area contributed by atoms with E-state index >= 15 is 0 Å². The van der Waals surface area contributed by atoms with Gasteiger partial charge in [-0.05, 0) is 65.5 Å². The summed E-state index contributed by atoms with van der Waals surface area (Å²) in [7, 11) is 0. The minimum atomic E-state index is -1.23. The minimum Gasteiger partial charge on any atom is -0.591 e. The molecular weight excluding hydrogens is 282 g/mol. The standard InChI is InChI=1S/C17H25NO2S/c1-13(18-21(19)17(2,3)4)14-8-7-11-16(12-14)20-15-9-5-6-10-15/h7-8,11-12,15H,5-6,9-10H2,1-4H3/b18-13-. The van der Waals surface area contributed by atoms with Gasteiger partial charge in [-0.1, -0.05) is 16.5 Å². The average molecular weight is 307 g/mol. The highest BCUT2D eigenvalue weighted by Gasteiger charge is 2.26. The summed E-state index contributed by atoms with van der Waals surface area (Å²) in [6.45, 7) is 7.69. The van der Waals surface area contributed by atoms with E-state index in [0.29, 0.717) is 6.10 Å². The van der Waals surface area contributed by atoms with Crippen LogP contribution in [0.15, 0.2) is 28.7 Å². The normalized spacial score (nSPS) is 18.8. The Hall–Kier alpha value is -1.00. The third-order valence-corrected chi connectivity index (χ3v) is 5.09. The van der Waals surface area contributed by atoms with Crippen LogP contribution in [0.25, 0.3) is 0 Å². The molecule has 1 aromatic carbocycles. The maximum Gasteiger partial charge on any atom is 0.144 e. The topological polar surface area (TPSA) is 44.7 Å². The van der Waals surface area contributed by atoms with Gasteiger partial charge in [0.2, 0.25) is 0 Å². The first-order chi connectivity index (χ1) is 9.86. The van der Waals surface area contributed by atoms with Crippen molar-refractivity contribution in [1.82, 2.24) is 0 Å². The SMILES string of the molecule is C/C(=N/[S+]([O-])C(C)(C)C)c1cccc(OC2CCCC2)c1. The van der Waals surface area contributed by atoms with Crippen LogP contribution in [-0.2, 0) is 11.4 Å². The van der Waals surface area contributed by atoms with Crippen LogP contribution < -0.4 is 4.74 Å². The van der Waals surface area contributed by atoms with Crippen LogP contribution in [0.2, 0.25) is 0 Å². The van der Waals surface area contributed by atoms with Crippen molar-refractivity contribution in [3.8, 4) is 5.75 Å². The smallest absolute Gasteiger partial charge is 0.144 e. The van der Waals surface area contributed by atoms with Crippen LogP contribution in [0, 0.1) is 0 Å². The lowest BCUT2D eigenvalue weighted by Crippen LogP contribution is -2.26. The third-order valence-electron chi connectivity index (χ3n) is 3.60.